The summed E-state index contributed by atoms with van der Waals surface area (Å²) in [6, 6.07) is 0. The molecule has 0 aliphatic heterocycles. The predicted octanol–water partition coefficient (Wildman–Crippen LogP) is 2.20. The lowest BCUT2D eigenvalue weighted by Crippen LogP contribution is -2.32. The zero-order valence-electron chi connectivity index (χ0n) is 10.3. The van der Waals surface area contributed by atoms with E-state index in [1.807, 2.05) is 0 Å². The van der Waals surface area contributed by atoms with Crippen molar-refractivity contribution in [2.45, 2.75) is 57.8 Å². The van der Waals surface area contributed by atoms with E-state index in [2.05, 4.69) is 5.32 Å². The van der Waals surface area contributed by atoms with Crippen LogP contribution in [0.2, 0.25) is 0 Å². The number of hydrogen-bond acceptors (Lipinski definition) is 2. The minimum atomic E-state index is 0.290. The number of rotatable bonds is 7. The summed E-state index contributed by atoms with van der Waals surface area (Å²) in [6.45, 7) is 1.63. The molecule has 3 heteroatoms. The minimum absolute atomic E-state index is 0.290. The molecule has 0 aromatic heterocycles. The van der Waals surface area contributed by atoms with Gasteiger partial charge in [0, 0.05) is 12.5 Å². The summed E-state index contributed by atoms with van der Waals surface area (Å²) in [4.78, 5) is 11.8. The first-order valence-electron chi connectivity index (χ1n) is 6.82. The van der Waals surface area contributed by atoms with Crippen LogP contribution < -0.4 is 11.1 Å². The predicted molar refractivity (Wildman–Crippen MR) is 67.1 cm³/mol. The summed E-state index contributed by atoms with van der Waals surface area (Å²) in [6.07, 6.45) is 10.5. The highest BCUT2D eigenvalue weighted by molar-refractivity contribution is 5.78. The smallest absolute Gasteiger partial charge is 0.223 e. The highest BCUT2D eigenvalue weighted by atomic mass is 16.1. The van der Waals surface area contributed by atoms with E-state index < -0.39 is 0 Å². The van der Waals surface area contributed by atoms with Crippen molar-refractivity contribution in [3.63, 3.8) is 0 Å². The Hall–Kier alpha value is -0.570. The van der Waals surface area contributed by atoms with E-state index in [4.69, 9.17) is 5.73 Å². The van der Waals surface area contributed by atoms with Crippen molar-refractivity contribution < 1.29 is 4.79 Å². The topological polar surface area (TPSA) is 55.1 Å². The van der Waals surface area contributed by atoms with Crippen molar-refractivity contribution in [1.29, 1.82) is 0 Å². The molecule has 94 valence electrons. The molecular weight excluding hydrogens is 200 g/mol. The number of carbonyl (C=O) groups is 1. The van der Waals surface area contributed by atoms with Gasteiger partial charge in [0.15, 0.2) is 0 Å². The second-order valence-electron chi connectivity index (χ2n) is 4.83. The van der Waals surface area contributed by atoms with E-state index >= 15 is 0 Å². The van der Waals surface area contributed by atoms with E-state index in [0.717, 1.165) is 38.8 Å². The maximum absolute atomic E-state index is 11.8. The van der Waals surface area contributed by atoms with Crippen molar-refractivity contribution in [2.75, 3.05) is 13.1 Å². The van der Waals surface area contributed by atoms with Gasteiger partial charge < -0.3 is 11.1 Å². The van der Waals surface area contributed by atoms with Gasteiger partial charge in [-0.15, -0.1) is 0 Å². The summed E-state index contributed by atoms with van der Waals surface area (Å²) in [5.41, 5.74) is 5.42. The molecule has 1 amide bonds. The van der Waals surface area contributed by atoms with Gasteiger partial charge in [-0.1, -0.05) is 32.1 Å². The molecule has 1 aliphatic carbocycles. The molecule has 0 aromatic rings. The van der Waals surface area contributed by atoms with Gasteiger partial charge in [0.05, 0.1) is 0 Å². The second-order valence-corrected chi connectivity index (χ2v) is 4.83. The normalized spacial score (nSPS) is 17.3. The van der Waals surface area contributed by atoms with Crippen LogP contribution in [0.4, 0.5) is 0 Å². The molecule has 0 unspecified atom stereocenters. The third-order valence-corrected chi connectivity index (χ3v) is 3.41. The molecule has 1 fully saturated rings. The largest absolute Gasteiger partial charge is 0.356 e. The molecule has 3 nitrogen and oxygen atoms in total. The van der Waals surface area contributed by atoms with Crippen molar-refractivity contribution in [3.8, 4) is 0 Å². The lowest BCUT2D eigenvalue weighted by molar-refractivity contribution is -0.125. The third-order valence-electron chi connectivity index (χ3n) is 3.41. The molecule has 3 N–H and O–H groups in total. The first-order valence-corrected chi connectivity index (χ1v) is 6.82. The lowest BCUT2D eigenvalue weighted by Gasteiger charge is -2.20. The van der Waals surface area contributed by atoms with Crippen LogP contribution in [0.1, 0.15) is 57.8 Å². The van der Waals surface area contributed by atoms with Crippen LogP contribution in [0.15, 0.2) is 0 Å². The van der Waals surface area contributed by atoms with Gasteiger partial charge in [-0.2, -0.15) is 0 Å². The number of hydrogen-bond donors (Lipinski definition) is 2. The summed E-state index contributed by atoms with van der Waals surface area (Å²) < 4.78 is 0. The van der Waals surface area contributed by atoms with Crippen LogP contribution in [0.5, 0.6) is 0 Å². The lowest BCUT2D eigenvalue weighted by atomic mass is 9.89. The van der Waals surface area contributed by atoms with Crippen molar-refractivity contribution in [1.82, 2.24) is 5.32 Å². The molecule has 0 radical (unpaired) electrons. The summed E-state index contributed by atoms with van der Waals surface area (Å²) in [7, 11) is 0. The van der Waals surface area contributed by atoms with E-state index in [-0.39, 0.29) is 0 Å². The summed E-state index contributed by atoms with van der Waals surface area (Å²) >= 11 is 0. The Morgan fingerprint density at radius 2 is 1.75 bits per heavy atom. The molecule has 0 heterocycles. The van der Waals surface area contributed by atoms with E-state index in [0.29, 0.717) is 11.8 Å². The molecule has 1 aliphatic rings. The van der Waals surface area contributed by atoms with Crippen molar-refractivity contribution in [3.05, 3.63) is 0 Å². The molecule has 0 saturated heterocycles. The molecule has 1 saturated carbocycles. The zero-order valence-corrected chi connectivity index (χ0v) is 10.3. The highest BCUT2D eigenvalue weighted by Crippen LogP contribution is 2.23. The van der Waals surface area contributed by atoms with Crippen molar-refractivity contribution in [2.24, 2.45) is 11.7 Å². The van der Waals surface area contributed by atoms with Crippen LogP contribution in [-0.2, 0) is 4.79 Å². The first-order chi connectivity index (χ1) is 7.84. The Morgan fingerprint density at radius 1 is 1.06 bits per heavy atom. The van der Waals surface area contributed by atoms with Gasteiger partial charge in [-0.25, -0.2) is 0 Å². The van der Waals surface area contributed by atoms with Crippen LogP contribution in [0.3, 0.4) is 0 Å². The van der Waals surface area contributed by atoms with Gasteiger partial charge in [0.25, 0.3) is 0 Å². The number of nitrogens with two attached hydrogens (primary N) is 1. The molecule has 1 rings (SSSR count). The fourth-order valence-electron chi connectivity index (χ4n) is 2.34. The Morgan fingerprint density at radius 3 is 2.44 bits per heavy atom. The quantitative estimate of drug-likeness (QED) is 0.654. The van der Waals surface area contributed by atoms with Crippen molar-refractivity contribution >= 4 is 5.91 Å². The van der Waals surface area contributed by atoms with Gasteiger partial charge in [0.2, 0.25) is 5.91 Å². The molecule has 16 heavy (non-hydrogen) atoms. The maximum Gasteiger partial charge on any atom is 0.223 e. The average molecular weight is 226 g/mol. The number of nitrogens with one attached hydrogen (secondary N) is 1. The van der Waals surface area contributed by atoms with Gasteiger partial charge in [-0.3, -0.25) is 4.79 Å². The SMILES string of the molecule is NCCCCCCNC(=O)C1CCCCC1. The van der Waals surface area contributed by atoms with E-state index in [9.17, 15) is 4.79 Å². The monoisotopic (exact) mass is 226 g/mol. The maximum atomic E-state index is 11.8. The number of unbranched alkanes of at least 4 members (excludes halogenated alkanes) is 3. The molecule has 0 aromatic carbocycles. The van der Waals surface area contributed by atoms with Gasteiger partial charge in [-0.05, 0) is 32.2 Å². The van der Waals surface area contributed by atoms with E-state index in [1.54, 1.807) is 0 Å². The number of amides is 1. The molecule has 0 spiro atoms. The molecule has 0 bridgehead atoms. The Labute approximate surface area is 99.2 Å². The second kappa shape index (κ2) is 8.57. The highest BCUT2D eigenvalue weighted by Gasteiger charge is 2.20. The Balaban J connectivity index is 1.97. The first kappa shape index (κ1) is 13.5. The van der Waals surface area contributed by atoms with Crippen LogP contribution >= 0.6 is 0 Å². The summed E-state index contributed by atoms with van der Waals surface area (Å²) in [5, 5.41) is 3.06. The Kier molecular flexibility index (Phi) is 7.23. The fraction of sp³-hybridized carbons (Fsp3) is 0.923. The Bertz CT molecular complexity index is 188. The average Bonchev–Trinajstić information content (AvgIpc) is 2.34. The van der Waals surface area contributed by atoms with Crippen LogP contribution in [-0.4, -0.2) is 19.0 Å². The molecular formula is C13H26N2O. The summed E-state index contributed by atoms with van der Waals surface area (Å²) in [5.74, 6) is 0.594. The third kappa shape index (κ3) is 5.50. The zero-order chi connectivity index (χ0) is 11.6. The minimum Gasteiger partial charge on any atom is -0.356 e. The fourth-order valence-corrected chi connectivity index (χ4v) is 2.34. The van der Waals surface area contributed by atoms with Crippen LogP contribution in [0, 0.1) is 5.92 Å². The van der Waals surface area contributed by atoms with E-state index in [1.165, 1.54) is 32.1 Å². The van der Waals surface area contributed by atoms with Gasteiger partial charge in [0.1, 0.15) is 0 Å². The van der Waals surface area contributed by atoms with Crippen LogP contribution in [0.25, 0.3) is 0 Å². The standard InChI is InChI=1S/C13H26N2O/c14-10-6-1-2-7-11-15-13(16)12-8-4-3-5-9-12/h12H,1-11,14H2,(H,15,16). The number of carbonyl (C=O) groups excluding carboxylic acids is 1. The van der Waals surface area contributed by atoms with Gasteiger partial charge >= 0.3 is 0 Å². The molecule has 0 atom stereocenters.